The summed E-state index contributed by atoms with van der Waals surface area (Å²) in [6.07, 6.45) is 6.43. The summed E-state index contributed by atoms with van der Waals surface area (Å²) >= 11 is 0. The lowest BCUT2D eigenvalue weighted by Crippen LogP contribution is -2.24. The average Bonchev–Trinajstić information content (AvgIpc) is 2.83. The Morgan fingerprint density at radius 3 is 2.91 bits per heavy atom. The fraction of sp³-hybridized carbons (Fsp3) is 0.500. The number of anilines is 1. The van der Waals surface area contributed by atoms with Gasteiger partial charge in [-0.15, -0.1) is 0 Å². The van der Waals surface area contributed by atoms with Crippen LogP contribution in [-0.4, -0.2) is 25.7 Å². The predicted molar refractivity (Wildman–Crippen MR) is 83.6 cm³/mol. The molecular formula is C16H21N5O. The first-order valence-corrected chi connectivity index (χ1v) is 7.82. The number of carbonyl (C=O) groups is 1. The minimum absolute atomic E-state index is 0.103. The Labute approximate surface area is 130 Å². The molecule has 22 heavy (non-hydrogen) atoms. The molecule has 2 aromatic rings. The summed E-state index contributed by atoms with van der Waals surface area (Å²) in [6.45, 7) is 3.94. The van der Waals surface area contributed by atoms with Gasteiger partial charge in [0.05, 0.1) is 12.5 Å². The zero-order chi connectivity index (χ0) is 15.5. The first-order chi connectivity index (χ1) is 10.7. The molecule has 0 aliphatic heterocycles. The van der Waals surface area contributed by atoms with Crippen LogP contribution >= 0.6 is 0 Å². The van der Waals surface area contributed by atoms with Crippen molar-refractivity contribution in [3.8, 4) is 0 Å². The molecule has 1 N–H and O–H groups in total. The van der Waals surface area contributed by atoms with Gasteiger partial charge in [-0.3, -0.25) is 14.8 Å². The molecule has 116 valence electrons. The van der Waals surface area contributed by atoms with E-state index in [1.807, 2.05) is 30.7 Å². The first kappa shape index (κ1) is 14.7. The van der Waals surface area contributed by atoms with E-state index in [4.69, 9.17) is 0 Å². The molecule has 0 aromatic carbocycles. The summed E-state index contributed by atoms with van der Waals surface area (Å²) in [7, 11) is 0. The topological polar surface area (TPSA) is 72.7 Å². The highest BCUT2D eigenvalue weighted by molar-refractivity contribution is 5.90. The zero-order valence-electron chi connectivity index (χ0n) is 13.0. The van der Waals surface area contributed by atoms with Crippen LogP contribution in [0.2, 0.25) is 0 Å². The van der Waals surface area contributed by atoms with Crippen LogP contribution in [0.15, 0.2) is 18.3 Å². The highest BCUT2D eigenvalue weighted by Gasteiger charge is 2.22. The maximum Gasteiger partial charge on any atom is 0.232 e. The van der Waals surface area contributed by atoms with Gasteiger partial charge in [0.1, 0.15) is 0 Å². The lowest BCUT2D eigenvalue weighted by atomic mass is 9.93. The van der Waals surface area contributed by atoms with E-state index in [-0.39, 0.29) is 5.91 Å². The third kappa shape index (κ3) is 3.16. The Bertz CT molecular complexity index is 675. The molecule has 2 heterocycles. The number of rotatable bonds is 5. The molecule has 1 saturated carbocycles. The van der Waals surface area contributed by atoms with Gasteiger partial charge in [0.15, 0.2) is 0 Å². The number of amides is 1. The van der Waals surface area contributed by atoms with Gasteiger partial charge in [-0.05, 0) is 44.7 Å². The molecular weight excluding hydrogens is 278 g/mol. The SMILES string of the molecule is CCc1cc(C)nc(NC(=O)Cc2ccnn2C2CCC2)n1. The van der Waals surface area contributed by atoms with Crippen molar-refractivity contribution in [1.82, 2.24) is 19.7 Å². The monoisotopic (exact) mass is 299 g/mol. The second kappa shape index (κ2) is 6.25. The molecule has 0 atom stereocenters. The van der Waals surface area contributed by atoms with E-state index in [0.29, 0.717) is 18.4 Å². The molecule has 6 heteroatoms. The molecule has 2 aromatic heterocycles. The van der Waals surface area contributed by atoms with E-state index in [0.717, 1.165) is 36.3 Å². The van der Waals surface area contributed by atoms with E-state index >= 15 is 0 Å². The van der Waals surface area contributed by atoms with Crippen LogP contribution in [0.1, 0.15) is 49.3 Å². The summed E-state index contributed by atoms with van der Waals surface area (Å²) in [5.74, 6) is 0.283. The van der Waals surface area contributed by atoms with Crippen molar-refractivity contribution in [2.24, 2.45) is 0 Å². The van der Waals surface area contributed by atoms with Crippen LogP contribution in [0.25, 0.3) is 0 Å². The van der Waals surface area contributed by atoms with Gasteiger partial charge in [-0.2, -0.15) is 5.10 Å². The van der Waals surface area contributed by atoms with Crippen LogP contribution in [0.3, 0.4) is 0 Å². The number of aryl methyl sites for hydroxylation is 2. The molecule has 1 aliphatic rings. The molecule has 6 nitrogen and oxygen atoms in total. The van der Waals surface area contributed by atoms with Crippen molar-refractivity contribution in [3.63, 3.8) is 0 Å². The molecule has 0 saturated heterocycles. The van der Waals surface area contributed by atoms with Gasteiger partial charge in [0.25, 0.3) is 0 Å². The van der Waals surface area contributed by atoms with Gasteiger partial charge in [-0.1, -0.05) is 6.92 Å². The number of hydrogen-bond acceptors (Lipinski definition) is 4. The first-order valence-electron chi connectivity index (χ1n) is 7.82. The Kier molecular flexibility index (Phi) is 4.18. The summed E-state index contributed by atoms with van der Waals surface area (Å²) in [5, 5.41) is 7.14. The van der Waals surface area contributed by atoms with Crippen molar-refractivity contribution in [2.45, 2.75) is 52.0 Å². The number of nitrogens with one attached hydrogen (secondary N) is 1. The van der Waals surface area contributed by atoms with E-state index in [2.05, 4.69) is 20.4 Å². The minimum atomic E-state index is -0.103. The highest BCUT2D eigenvalue weighted by atomic mass is 16.1. The minimum Gasteiger partial charge on any atom is -0.294 e. The molecule has 0 unspecified atom stereocenters. The van der Waals surface area contributed by atoms with Crippen LogP contribution in [0.5, 0.6) is 0 Å². The third-order valence-electron chi connectivity index (χ3n) is 4.04. The quantitative estimate of drug-likeness (QED) is 0.920. The second-order valence-electron chi connectivity index (χ2n) is 5.75. The van der Waals surface area contributed by atoms with Crippen molar-refractivity contribution >= 4 is 11.9 Å². The van der Waals surface area contributed by atoms with Gasteiger partial charge < -0.3 is 0 Å². The Morgan fingerprint density at radius 1 is 1.41 bits per heavy atom. The second-order valence-corrected chi connectivity index (χ2v) is 5.75. The van der Waals surface area contributed by atoms with Crippen LogP contribution in [0.4, 0.5) is 5.95 Å². The fourth-order valence-electron chi connectivity index (χ4n) is 2.65. The van der Waals surface area contributed by atoms with E-state index in [1.165, 1.54) is 6.42 Å². The fourth-order valence-corrected chi connectivity index (χ4v) is 2.65. The Hall–Kier alpha value is -2.24. The lowest BCUT2D eigenvalue weighted by Gasteiger charge is -2.27. The number of aromatic nitrogens is 4. The van der Waals surface area contributed by atoms with Gasteiger partial charge in [0, 0.05) is 23.3 Å². The number of nitrogens with zero attached hydrogens (tertiary/aromatic N) is 4. The standard InChI is InChI=1S/C16H21N5O/c1-3-12-9-11(2)18-16(19-12)20-15(22)10-14-7-8-17-21(14)13-5-4-6-13/h7-9,13H,3-6,10H2,1-2H3,(H,18,19,20,22). The van der Waals surface area contributed by atoms with E-state index in [9.17, 15) is 4.79 Å². The third-order valence-corrected chi connectivity index (χ3v) is 4.04. The van der Waals surface area contributed by atoms with Gasteiger partial charge in [0.2, 0.25) is 11.9 Å². The summed E-state index contributed by atoms with van der Waals surface area (Å²) in [5.41, 5.74) is 2.74. The van der Waals surface area contributed by atoms with Crippen LogP contribution < -0.4 is 5.32 Å². The van der Waals surface area contributed by atoms with Gasteiger partial charge in [-0.25, -0.2) is 9.97 Å². The molecule has 0 bridgehead atoms. The maximum atomic E-state index is 12.2. The molecule has 0 spiro atoms. The van der Waals surface area contributed by atoms with Gasteiger partial charge >= 0.3 is 0 Å². The smallest absolute Gasteiger partial charge is 0.232 e. The predicted octanol–water partition coefficient (Wildman–Crippen LogP) is 2.45. The normalized spacial score (nSPS) is 14.6. The Morgan fingerprint density at radius 2 is 2.23 bits per heavy atom. The molecule has 1 fully saturated rings. The summed E-state index contributed by atoms with van der Waals surface area (Å²) < 4.78 is 1.98. The average molecular weight is 299 g/mol. The zero-order valence-corrected chi connectivity index (χ0v) is 13.0. The lowest BCUT2D eigenvalue weighted by molar-refractivity contribution is -0.115. The van der Waals surface area contributed by atoms with Crippen molar-refractivity contribution in [2.75, 3.05) is 5.32 Å². The van der Waals surface area contributed by atoms with Crippen molar-refractivity contribution in [3.05, 3.63) is 35.4 Å². The molecule has 0 radical (unpaired) electrons. The number of carbonyl (C=O) groups excluding carboxylic acids is 1. The molecule has 1 aliphatic carbocycles. The summed E-state index contributed by atoms with van der Waals surface area (Å²) in [4.78, 5) is 20.9. The number of hydrogen-bond donors (Lipinski definition) is 1. The maximum absolute atomic E-state index is 12.2. The summed E-state index contributed by atoms with van der Waals surface area (Å²) in [6, 6.07) is 4.30. The van der Waals surface area contributed by atoms with Crippen molar-refractivity contribution in [1.29, 1.82) is 0 Å². The van der Waals surface area contributed by atoms with Crippen molar-refractivity contribution < 1.29 is 4.79 Å². The molecule has 3 rings (SSSR count). The van der Waals surface area contributed by atoms with Crippen LogP contribution in [0, 0.1) is 6.92 Å². The Balaban J connectivity index is 1.68. The molecule has 1 amide bonds. The largest absolute Gasteiger partial charge is 0.294 e. The highest BCUT2D eigenvalue weighted by Crippen LogP contribution is 2.31. The van der Waals surface area contributed by atoms with Crippen LogP contribution in [-0.2, 0) is 17.6 Å². The van der Waals surface area contributed by atoms with E-state index in [1.54, 1.807) is 6.20 Å². The van der Waals surface area contributed by atoms with E-state index < -0.39 is 0 Å².